The van der Waals surface area contributed by atoms with Crippen LogP contribution in [0.1, 0.15) is 45.1 Å². The number of rotatable bonds is 2. The average molecular weight is 233 g/mol. The molecule has 0 bridgehead atoms. The van der Waals surface area contributed by atoms with E-state index in [9.17, 15) is 0 Å². The molecule has 2 nitrogen and oxygen atoms in total. The van der Waals surface area contributed by atoms with Crippen molar-refractivity contribution >= 4 is 0 Å². The molecule has 0 aromatic heterocycles. The zero-order valence-corrected chi connectivity index (χ0v) is 11.1. The molecule has 1 unspecified atom stereocenters. The van der Waals surface area contributed by atoms with Crippen LogP contribution in [0.25, 0.3) is 0 Å². The lowest BCUT2D eigenvalue weighted by Crippen LogP contribution is -2.28. The molecule has 0 spiro atoms. The molecule has 0 amide bonds. The van der Waals surface area contributed by atoms with Gasteiger partial charge >= 0.3 is 0 Å². The Morgan fingerprint density at radius 1 is 1.18 bits per heavy atom. The summed E-state index contributed by atoms with van der Waals surface area (Å²) in [6.45, 7) is 8.51. The molecule has 1 N–H and O–H groups in total. The van der Waals surface area contributed by atoms with E-state index in [1.165, 1.54) is 24.9 Å². The maximum atomic E-state index is 5.83. The summed E-state index contributed by atoms with van der Waals surface area (Å²) >= 11 is 0. The van der Waals surface area contributed by atoms with Gasteiger partial charge in [0.25, 0.3) is 0 Å². The molecule has 1 fully saturated rings. The highest BCUT2D eigenvalue weighted by Crippen LogP contribution is 2.26. The minimum absolute atomic E-state index is 0.117. The zero-order valence-electron chi connectivity index (χ0n) is 11.1. The zero-order chi connectivity index (χ0) is 12.3. The molecule has 1 aliphatic heterocycles. The predicted octanol–water partition coefficient (Wildman–Crippen LogP) is 3.33. The van der Waals surface area contributed by atoms with Crippen LogP contribution >= 0.6 is 0 Å². The van der Waals surface area contributed by atoms with Crippen molar-refractivity contribution in [3.8, 4) is 5.75 Å². The molecule has 1 aromatic rings. The second kappa shape index (κ2) is 5.09. The molecule has 0 radical (unpaired) electrons. The first-order valence-electron chi connectivity index (χ1n) is 6.54. The van der Waals surface area contributed by atoms with E-state index in [0.717, 1.165) is 12.3 Å². The number of hydrogen-bond acceptors (Lipinski definition) is 2. The van der Waals surface area contributed by atoms with Crippen molar-refractivity contribution in [2.45, 2.75) is 45.1 Å². The molecule has 1 heterocycles. The average Bonchev–Trinajstić information content (AvgIpc) is 2.29. The monoisotopic (exact) mass is 233 g/mol. The van der Waals surface area contributed by atoms with Crippen molar-refractivity contribution in [1.29, 1.82) is 0 Å². The summed E-state index contributed by atoms with van der Waals surface area (Å²) in [6.07, 6.45) is 2.58. The molecule has 1 aliphatic rings. The third kappa shape index (κ3) is 3.74. The summed E-state index contributed by atoms with van der Waals surface area (Å²) in [7, 11) is 0. The van der Waals surface area contributed by atoms with Gasteiger partial charge in [-0.15, -0.1) is 0 Å². The van der Waals surface area contributed by atoms with Gasteiger partial charge < -0.3 is 10.1 Å². The third-order valence-corrected chi connectivity index (χ3v) is 3.07. The summed E-state index contributed by atoms with van der Waals surface area (Å²) in [6, 6.07) is 8.60. The van der Waals surface area contributed by atoms with Crippen LogP contribution in [-0.2, 0) is 0 Å². The van der Waals surface area contributed by atoms with Gasteiger partial charge in [-0.05, 0) is 63.8 Å². The number of benzene rings is 1. The Hall–Kier alpha value is -1.02. The van der Waals surface area contributed by atoms with Crippen LogP contribution in [0, 0.1) is 0 Å². The highest BCUT2D eigenvalue weighted by Gasteiger charge is 2.16. The fourth-order valence-corrected chi connectivity index (χ4v) is 2.30. The molecule has 17 heavy (non-hydrogen) atoms. The molecule has 1 saturated heterocycles. The van der Waals surface area contributed by atoms with E-state index in [1.54, 1.807) is 0 Å². The van der Waals surface area contributed by atoms with Gasteiger partial charge in [-0.25, -0.2) is 0 Å². The van der Waals surface area contributed by atoms with E-state index in [2.05, 4.69) is 50.4 Å². The normalized spacial score (nSPS) is 21.2. The van der Waals surface area contributed by atoms with E-state index in [4.69, 9.17) is 4.74 Å². The summed E-state index contributed by atoms with van der Waals surface area (Å²) in [5.41, 5.74) is 1.31. The number of nitrogens with one attached hydrogen (secondary N) is 1. The Bertz CT molecular complexity index is 344. The van der Waals surface area contributed by atoms with Crippen LogP contribution in [0.5, 0.6) is 5.75 Å². The largest absolute Gasteiger partial charge is 0.488 e. The van der Waals surface area contributed by atoms with Crippen LogP contribution in [0.2, 0.25) is 0 Å². The van der Waals surface area contributed by atoms with Crippen LogP contribution in [-0.4, -0.2) is 18.7 Å². The lowest BCUT2D eigenvalue weighted by molar-refractivity contribution is 0.131. The van der Waals surface area contributed by atoms with Gasteiger partial charge in [-0.3, -0.25) is 0 Å². The smallest absolute Gasteiger partial charge is 0.120 e. The van der Waals surface area contributed by atoms with Crippen molar-refractivity contribution in [2.75, 3.05) is 13.1 Å². The van der Waals surface area contributed by atoms with E-state index in [0.29, 0.717) is 5.92 Å². The number of piperidine rings is 1. The quantitative estimate of drug-likeness (QED) is 0.846. The fraction of sp³-hybridized carbons (Fsp3) is 0.600. The third-order valence-electron chi connectivity index (χ3n) is 3.07. The summed E-state index contributed by atoms with van der Waals surface area (Å²) < 4.78 is 5.83. The summed E-state index contributed by atoms with van der Waals surface area (Å²) in [5, 5.41) is 3.45. The van der Waals surface area contributed by atoms with E-state index in [-0.39, 0.29) is 5.60 Å². The molecule has 2 heteroatoms. The van der Waals surface area contributed by atoms with Crippen molar-refractivity contribution in [2.24, 2.45) is 0 Å². The Morgan fingerprint density at radius 2 is 1.88 bits per heavy atom. The van der Waals surface area contributed by atoms with Gasteiger partial charge in [0, 0.05) is 6.54 Å². The predicted molar refractivity (Wildman–Crippen MR) is 71.7 cm³/mol. The summed E-state index contributed by atoms with van der Waals surface area (Å²) in [5.74, 6) is 1.64. The van der Waals surface area contributed by atoms with Gasteiger partial charge in [-0.1, -0.05) is 12.1 Å². The standard InChI is InChI=1S/C15H23NO/c1-15(2,3)17-14-8-6-12(7-9-14)13-5-4-10-16-11-13/h6-9,13,16H,4-5,10-11H2,1-3H3. The first-order valence-corrected chi connectivity index (χ1v) is 6.54. The maximum absolute atomic E-state index is 5.83. The minimum Gasteiger partial charge on any atom is -0.488 e. The molecule has 1 atom stereocenters. The Kier molecular flexibility index (Phi) is 3.72. The topological polar surface area (TPSA) is 21.3 Å². The molecule has 94 valence electrons. The molecular formula is C15H23NO. The molecule has 0 aliphatic carbocycles. The van der Waals surface area contributed by atoms with Crippen molar-refractivity contribution in [3.05, 3.63) is 29.8 Å². The maximum Gasteiger partial charge on any atom is 0.120 e. The lowest BCUT2D eigenvalue weighted by atomic mass is 9.92. The van der Waals surface area contributed by atoms with E-state index < -0.39 is 0 Å². The van der Waals surface area contributed by atoms with Crippen molar-refractivity contribution < 1.29 is 4.74 Å². The lowest BCUT2D eigenvalue weighted by Gasteiger charge is -2.24. The van der Waals surface area contributed by atoms with E-state index in [1.807, 2.05) is 0 Å². The Morgan fingerprint density at radius 3 is 2.41 bits per heavy atom. The van der Waals surface area contributed by atoms with Crippen LogP contribution in [0.15, 0.2) is 24.3 Å². The second-order valence-electron chi connectivity index (χ2n) is 5.83. The van der Waals surface area contributed by atoms with Gasteiger partial charge in [0.05, 0.1) is 0 Å². The Balaban J connectivity index is 2.02. The van der Waals surface area contributed by atoms with Gasteiger partial charge in [0.1, 0.15) is 11.4 Å². The number of ether oxygens (including phenoxy) is 1. The molecular weight excluding hydrogens is 210 g/mol. The van der Waals surface area contributed by atoms with Gasteiger partial charge in [-0.2, -0.15) is 0 Å². The second-order valence-corrected chi connectivity index (χ2v) is 5.83. The SMILES string of the molecule is CC(C)(C)Oc1ccc(C2CCCNC2)cc1. The molecule has 2 rings (SSSR count). The van der Waals surface area contributed by atoms with Crippen LogP contribution < -0.4 is 10.1 Å². The van der Waals surface area contributed by atoms with Crippen LogP contribution in [0.4, 0.5) is 0 Å². The minimum atomic E-state index is -0.117. The Labute approximate surface area is 104 Å². The molecule has 1 aromatic carbocycles. The first kappa shape index (κ1) is 12.4. The van der Waals surface area contributed by atoms with Gasteiger partial charge in [0.15, 0.2) is 0 Å². The fourth-order valence-electron chi connectivity index (χ4n) is 2.30. The van der Waals surface area contributed by atoms with Gasteiger partial charge in [0.2, 0.25) is 0 Å². The van der Waals surface area contributed by atoms with Crippen molar-refractivity contribution in [1.82, 2.24) is 5.32 Å². The first-order chi connectivity index (χ1) is 8.04. The molecule has 0 saturated carbocycles. The van der Waals surface area contributed by atoms with Crippen LogP contribution in [0.3, 0.4) is 0 Å². The highest BCUT2D eigenvalue weighted by molar-refractivity contribution is 5.30. The van der Waals surface area contributed by atoms with Crippen molar-refractivity contribution in [3.63, 3.8) is 0 Å². The van der Waals surface area contributed by atoms with E-state index >= 15 is 0 Å². The summed E-state index contributed by atoms with van der Waals surface area (Å²) in [4.78, 5) is 0. The highest BCUT2D eigenvalue weighted by atomic mass is 16.5. The number of hydrogen-bond donors (Lipinski definition) is 1.